The van der Waals surface area contributed by atoms with Gasteiger partial charge in [0, 0.05) is 29.4 Å². The lowest BCUT2D eigenvalue weighted by atomic mass is 9.89. The number of H-pyrrole nitrogens is 1. The minimum Gasteiger partial charge on any atom is -0.358 e. The highest BCUT2D eigenvalue weighted by molar-refractivity contribution is 5.85. The fraction of sp³-hybridized carbons (Fsp3) is 0.125. The van der Waals surface area contributed by atoms with Crippen molar-refractivity contribution in [1.29, 1.82) is 0 Å². The van der Waals surface area contributed by atoms with Crippen molar-refractivity contribution in [1.82, 2.24) is 4.98 Å². The topological polar surface area (TPSA) is 15.8 Å². The SMILES string of the molecule is c1ccc2c(c1)Cc1[nH]c3ccccc3c1C2. The summed E-state index contributed by atoms with van der Waals surface area (Å²) in [5, 5.41) is 1.39. The molecule has 0 bridgehead atoms. The summed E-state index contributed by atoms with van der Waals surface area (Å²) in [7, 11) is 0. The molecule has 2 aromatic carbocycles. The van der Waals surface area contributed by atoms with Gasteiger partial charge >= 0.3 is 0 Å². The largest absolute Gasteiger partial charge is 0.358 e. The molecule has 1 heteroatoms. The van der Waals surface area contributed by atoms with Gasteiger partial charge in [0.2, 0.25) is 0 Å². The van der Waals surface area contributed by atoms with Gasteiger partial charge < -0.3 is 4.98 Å². The summed E-state index contributed by atoms with van der Waals surface area (Å²) < 4.78 is 0. The van der Waals surface area contributed by atoms with Gasteiger partial charge in [0.25, 0.3) is 0 Å². The minimum atomic E-state index is 1.04. The molecule has 0 atom stereocenters. The van der Waals surface area contributed by atoms with Crippen LogP contribution in [0.4, 0.5) is 0 Å². The molecule has 0 unspecified atom stereocenters. The fourth-order valence-corrected chi connectivity index (χ4v) is 2.89. The van der Waals surface area contributed by atoms with Crippen LogP contribution in [0.15, 0.2) is 48.5 Å². The van der Waals surface area contributed by atoms with E-state index >= 15 is 0 Å². The molecule has 1 heterocycles. The molecule has 1 aromatic heterocycles. The summed E-state index contributed by atoms with van der Waals surface area (Å²) in [5.74, 6) is 0. The Morgan fingerprint density at radius 2 is 1.47 bits per heavy atom. The normalized spacial score (nSPS) is 13.4. The number of para-hydroxylation sites is 1. The van der Waals surface area contributed by atoms with Crippen molar-refractivity contribution in [2.24, 2.45) is 0 Å². The molecule has 4 rings (SSSR count). The van der Waals surface area contributed by atoms with E-state index in [-0.39, 0.29) is 0 Å². The van der Waals surface area contributed by atoms with Gasteiger partial charge in [0.05, 0.1) is 0 Å². The summed E-state index contributed by atoms with van der Waals surface area (Å²) >= 11 is 0. The third-order valence-electron chi connectivity index (χ3n) is 3.75. The fourth-order valence-electron chi connectivity index (χ4n) is 2.89. The molecule has 0 aliphatic heterocycles. The number of aromatic nitrogens is 1. The van der Waals surface area contributed by atoms with Crippen LogP contribution in [-0.4, -0.2) is 4.98 Å². The van der Waals surface area contributed by atoms with Gasteiger partial charge in [-0.25, -0.2) is 0 Å². The summed E-state index contributed by atoms with van der Waals surface area (Å²) in [5.41, 5.74) is 7.09. The highest BCUT2D eigenvalue weighted by atomic mass is 14.7. The quantitative estimate of drug-likeness (QED) is 0.464. The van der Waals surface area contributed by atoms with Crippen LogP contribution < -0.4 is 0 Å². The van der Waals surface area contributed by atoms with Gasteiger partial charge in [0.1, 0.15) is 0 Å². The predicted octanol–water partition coefficient (Wildman–Crippen LogP) is 3.66. The van der Waals surface area contributed by atoms with Crippen LogP contribution in [0.1, 0.15) is 22.4 Å². The second-order valence-corrected chi connectivity index (χ2v) is 4.75. The number of aromatic amines is 1. The average Bonchev–Trinajstić information content (AvgIpc) is 2.73. The van der Waals surface area contributed by atoms with E-state index < -0.39 is 0 Å². The van der Waals surface area contributed by atoms with Crippen LogP contribution >= 0.6 is 0 Å². The molecule has 0 saturated carbocycles. The van der Waals surface area contributed by atoms with Crippen molar-refractivity contribution in [3.63, 3.8) is 0 Å². The van der Waals surface area contributed by atoms with Gasteiger partial charge in [-0.15, -0.1) is 0 Å². The van der Waals surface area contributed by atoms with Gasteiger partial charge in [-0.05, 0) is 22.8 Å². The average molecular weight is 219 g/mol. The van der Waals surface area contributed by atoms with E-state index in [0.29, 0.717) is 0 Å². The van der Waals surface area contributed by atoms with Crippen LogP contribution in [0.25, 0.3) is 10.9 Å². The molecule has 1 aliphatic rings. The van der Waals surface area contributed by atoms with E-state index in [2.05, 4.69) is 53.5 Å². The number of fused-ring (bicyclic) bond motifs is 4. The van der Waals surface area contributed by atoms with Crippen molar-refractivity contribution in [2.45, 2.75) is 12.8 Å². The Labute approximate surface area is 100 Å². The molecule has 0 amide bonds. The molecule has 0 fully saturated rings. The van der Waals surface area contributed by atoms with E-state index in [1.165, 1.54) is 33.3 Å². The van der Waals surface area contributed by atoms with E-state index in [9.17, 15) is 0 Å². The zero-order chi connectivity index (χ0) is 11.2. The molecule has 0 radical (unpaired) electrons. The Kier molecular flexibility index (Phi) is 1.72. The molecule has 3 aromatic rings. The standard InChI is InChI=1S/C16H13N/c1-2-6-12-10-16-14(9-11(12)5-1)13-7-3-4-8-15(13)17-16/h1-8,17H,9-10H2. The number of hydrogen-bond acceptors (Lipinski definition) is 0. The Morgan fingerprint density at radius 3 is 2.35 bits per heavy atom. The number of rotatable bonds is 0. The number of benzene rings is 2. The van der Waals surface area contributed by atoms with Crippen molar-refractivity contribution in [2.75, 3.05) is 0 Å². The van der Waals surface area contributed by atoms with Crippen LogP contribution in [0.3, 0.4) is 0 Å². The Balaban J connectivity index is 1.97. The van der Waals surface area contributed by atoms with Crippen molar-refractivity contribution in [3.05, 3.63) is 70.9 Å². The first kappa shape index (κ1) is 9.06. The lowest BCUT2D eigenvalue weighted by Crippen LogP contribution is -2.05. The molecule has 82 valence electrons. The summed E-state index contributed by atoms with van der Waals surface area (Å²) in [6.07, 6.45) is 2.11. The van der Waals surface area contributed by atoms with Crippen LogP contribution in [-0.2, 0) is 12.8 Å². The minimum absolute atomic E-state index is 1.04. The monoisotopic (exact) mass is 219 g/mol. The molecule has 0 spiro atoms. The summed E-state index contributed by atoms with van der Waals surface area (Å²) in [6, 6.07) is 17.4. The Morgan fingerprint density at radius 1 is 0.765 bits per heavy atom. The Bertz CT molecular complexity index is 706. The van der Waals surface area contributed by atoms with Crippen molar-refractivity contribution < 1.29 is 0 Å². The first-order chi connectivity index (χ1) is 8.42. The van der Waals surface area contributed by atoms with E-state index in [0.717, 1.165) is 12.8 Å². The highest BCUT2D eigenvalue weighted by Crippen LogP contribution is 2.32. The van der Waals surface area contributed by atoms with Gasteiger partial charge in [-0.1, -0.05) is 42.5 Å². The lowest BCUT2D eigenvalue weighted by molar-refractivity contribution is 0.981. The first-order valence-corrected chi connectivity index (χ1v) is 6.07. The van der Waals surface area contributed by atoms with Crippen LogP contribution in [0, 0.1) is 0 Å². The zero-order valence-electron chi connectivity index (χ0n) is 9.53. The molecular formula is C16H13N. The van der Waals surface area contributed by atoms with E-state index in [4.69, 9.17) is 0 Å². The smallest absolute Gasteiger partial charge is 0.0459 e. The first-order valence-electron chi connectivity index (χ1n) is 6.07. The Hall–Kier alpha value is -2.02. The predicted molar refractivity (Wildman–Crippen MR) is 70.4 cm³/mol. The van der Waals surface area contributed by atoms with Crippen LogP contribution in [0.2, 0.25) is 0 Å². The number of nitrogens with one attached hydrogen (secondary N) is 1. The third kappa shape index (κ3) is 1.26. The second kappa shape index (κ2) is 3.24. The maximum absolute atomic E-state index is 3.56. The second-order valence-electron chi connectivity index (χ2n) is 4.75. The lowest BCUT2D eigenvalue weighted by Gasteiger charge is -2.16. The molecule has 17 heavy (non-hydrogen) atoms. The van der Waals surface area contributed by atoms with Crippen molar-refractivity contribution >= 4 is 10.9 Å². The molecule has 1 nitrogen and oxygen atoms in total. The maximum Gasteiger partial charge on any atom is 0.0459 e. The van der Waals surface area contributed by atoms with Crippen molar-refractivity contribution in [3.8, 4) is 0 Å². The van der Waals surface area contributed by atoms with E-state index in [1.54, 1.807) is 0 Å². The van der Waals surface area contributed by atoms with Gasteiger partial charge in [-0.2, -0.15) is 0 Å². The molecule has 1 N–H and O–H groups in total. The van der Waals surface area contributed by atoms with Gasteiger partial charge in [0.15, 0.2) is 0 Å². The van der Waals surface area contributed by atoms with Gasteiger partial charge in [-0.3, -0.25) is 0 Å². The zero-order valence-corrected chi connectivity index (χ0v) is 9.53. The van der Waals surface area contributed by atoms with E-state index in [1.807, 2.05) is 0 Å². The highest BCUT2D eigenvalue weighted by Gasteiger charge is 2.18. The molecule has 0 saturated heterocycles. The molecule has 1 aliphatic carbocycles. The third-order valence-corrected chi connectivity index (χ3v) is 3.75. The molecular weight excluding hydrogens is 206 g/mol. The van der Waals surface area contributed by atoms with Crippen LogP contribution in [0.5, 0.6) is 0 Å². The summed E-state index contributed by atoms with van der Waals surface area (Å²) in [6.45, 7) is 0. The summed E-state index contributed by atoms with van der Waals surface area (Å²) in [4.78, 5) is 3.56. The number of hydrogen-bond donors (Lipinski definition) is 1. The maximum atomic E-state index is 3.56.